The van der Waals surface area contributed by atoms with Crippen LogP contribution < -0.4 is 5.32 Å². The van der Waals surface area contributed by atoms with Gasteiger partial charge in [-0.25, -0.2) is 4.98 Å². The summed E-state index contributed by atoms with van der Waals surface area (Å²) >= 11 is 0. The Labute approximate surface area is 109 Å². The van der Waals surface area contributed by atoms with Crippen LogP contribution in [0.1, 0.15) is 41.6 Å². The number of carbonyl (C=O) groups is 1. The monoisotopic (exact) mass is 262 g/mol. The predicted molar refractivity (Wildman–Crippen MR) is 65.4 cm³/mol. The van der Waals surface area contributed by atoms with E-state index in [9.17, 15) is 9.90 Å². The number of nitrogens with one attached hydrogen (secondary N) is 1. The molecule has 0 aromatic carbocycles. The zero-order valence-corrected chi connectivity index (χ0v) is 10.6. The second kappa shape index (κ2) is 5.47. The molecular formula is C12H14N4O3. The van der Waals surface area contributed by atoms with E-state index >= 15 is 0 Å². The first-order valence-electron chi connectivity index (χ1n) is 5.87. The van der Waals surface area contributed by atoms with Gasteiger partial charge >= 0.3 is 0 Å². The molecule has 2 aromatic heterocycles. The molecule has 2 N–H and O–H groups in total. The fraction of sp³-hybridized carbons (Fsp3) is 0.333. The van der Waals surface area contributed by atoms with Crippen LogP contribution in [0.2, 0.25) is 0 Å². The first-order valence-corrected chi connectivity index (χ1v) is 5.87. The lowest BCUT2D eigenvalue weighted by Gasteiger charge is -2.12. The number of hydrogen-bond donors (Lipinski definition) is 2. The zero-order valence-electron chi connectivity index (χ0n) is 10.6. The van der Waals surface area contributed by atoms with Crippen molar-refractivity contribution in [2.45, 2.75) is 26.3 Å². The molecule has 0 aliphatic heterocycles. The fourth-order valence-corrected chi connectivity index (χ4v) is 1.59. The summed E-state index contributed by atoms with van der Waals surface area (Å²) in [5, 5.41) is 15.9. The van der Waals surface area contributed by atoms with Crippen molar-refractivity contribution in [2.24, 2.45) is 0 Å². The highest BCUT2D eigenvalue weighted by Gasteiger charge is 2.21. The first kappa shape index (κ1) is 13.0. The third-order valence-electron chi connectivity index (χ3n) is 2.56. The van der Waals surface area contributed by atoms with Crippen LogP contribution in [0, 0.1) is 6.92 Å². The van der Waals surface area contributed by atoms with Crippen LogP contribution in [0.4, 0.5) is 0 Å². The minimum Gasteiger partial charge on any atom is -0.505 e. The lowest BCUT2D eigenvalue weighted by Crippen LogP contribution is -2.29. The van der Waals surface area contributed by atoms with Crippen molar-refractivity contribution in [1.29, 1.82) is 0 Å². The topological polar surface area (TPSA) is 101 Å². The summed E-state index contributed by atoms with van der Waals surface area (Å²) in [6, 6.07) is 2.54. The highest BCUT2D eigenvalue weighted by atomic mass is 16.5. The summed E-state index contributed by atoms with van der Waals surface area (Å²) in [6.45, 7) is 3.58. The highest BCUT2D eigenvalue weighted by molar-refractivity contribution is 5.94. The van der Waals surface area contributed by atoms with Crippen LogP contribution in [-0.2, 0) is 0 Å². The van der Waals surface area contributed by atoms with Crippen molar-refractivity contribution in [3.05, 3.63) is 35.7 Å². The molecule has 0 fully saturated rings. The Morgan fingerprint density at radius 2 is 2.37 bits per heavy atom. The lowest BCUT2D eigenvalue weighted by atomic mass is 10.2. The van der Waals surface area contributed by atoms with E-state index in [-0.39, 0.29) is 11.4 Å². The molecule has 2 aromatic rings. The Kier molecular flexibility index (Phi) is 3.74. The van der Waals surface area contributed by atoms with Crippen LogP contribution in [0.15, 0.2) is 22.9 Å². The maximum atomic E-state index is 12.0. The number of aromatic nitrogens is 3. The molecule has 0 unspecified atom stereocenters. The van der Waals surface area contributed by atoms with E-state index in [4.69, 9.17) is 4.52 Å². The van der Waals surface area contributed by atoms with Crippen LogP contribution >= 0.6 is 0 Å². The van der Waals surface area contributed by atoms with E-state index in [0.29, 0.717) is 18.1 Å². The minimum atomic E-state index is -0.485. The maximum absolute atomic E-state index is 12.0. The maximum Gasteiger partial charge on any atom is 0.274 e. The van der Waals surface area contributed by atoms with Gasteiger partial charge in [0.05, 0.1) is 0 Å². The van der Waals surface area contributed by atoms with Crippen molar-refractivity contribution in [1.82, 2.24) is 20.4 Å². The average molecular weight is 262 g/mol. The summed E-state index contributed by atoms with van der Waals surface area (Å²) in [5.74, 6) is 0.185. The number of carbonyl (C=O) groups excluding carboxylic acids is 1. The van der Waals surface area contributed by atoms with Gasteiger partial charge in [-0.1, -0.05) is 12.1 Å². The van der Waals surface area contributed by atoms with E-state index in [1.165, 1.54) is 12.3 Å². The Hall–Kier alpha value is -2.44. The van der Waals surface area contributed by atoms with E-state index < -0.39 is 11.9 Å². The number of aromatic hydroxyl groups is 1. The standard InChI is InChI=1S/C12H14N4O3/c1-3-8(12-14-7(2)16-19-12)15-11(18)10-9(17)5-4-6-13-10/h4-6,8,17H,3H2,1-2H3,(H,15,18)/t8-/m0/s1. The second-order valence-electron chi connectivity index (χ2n) is 3.99. The molecule has 7 heteroatoms. The van der Waals surface area contributed by atoms with Crippen LogP contribution in [-0.4, -0.2) is 26.1 Å². The van der Waals surface area contributed by atoms with E-state index in [0.717, 1.165) is 0 Å². The molecule has 0 saturated carbocycles. The lowest BCUT2D eigenvalue weighted by molar-refractivity contribution is 0.0919. The predicted octanol–water partition coefficient (Wildman–Crippen LogP) is 1.36. The molecule has 1 atom stereocenters. The van der Waals surface area contributed by atoms with Gasteiger partial charge in [0.15, 0.2) is 11.5 Å². The van der Waals surface area contributed by atoms with Gasteiger partial charge in [0.2, 0.25) is 5.89 Å². The molecule has 0 saturated heterocycles. The molecule has 0 radical (unpaired) electrons. The largest absolute Gasteiger partial charge is 0.505 e. The van der Waals surface area contributed by atoms with Crippen molar-refractivity contribution >= 4 is 5.91 Å². The number of rotatable bonds is 4. The Morgan fingerprint density at radius 3 is 2.95 bits per heavy atom. The third kappa shape index (κ3) is 2.87. The van der Waals surface area contributed by atoms with Gasteiger partial charge in [-0.15, -0.1) is 0 Å². The van der Waals surface area contributed by atoms with Gasteiger partial charge in [-0.3, -0.25) is 4.79 Å². The molecule has 2 heterocycles. The van der Waals surface area contributed by atoms with E-state index in [2.05, 4.69) is 20.4 Å². The quantitative estimate of drug-likeness (QED) is 0.862. The Balaban J connectivity index is 2.15. The highest BCUT2D eigenvalue weighted by Crippen LogP contribution is 2.17. The molecule has 0 bridgehead atoms. The molecule has 7 nitrogen and oxygen atoms in total. The summed E-state index contributed by atoms with van der Waals surface area (Å²) in [7, 11) is 0. The summed E-state index contributed by atoms with van der Waals surface area (Å²) in [6.07, 6.45) is 2.02. The first-order chi connectivity index (χ1) is 9.11. The van der Waals surface area contributed by atoms with Gasteiger partial charge in [0.25, 0.3) is 5.91 Å². The van der Waals surface area contributed by atoms with Gasteiger partial charge in [-0.2, -0.15) is 4.98 Å². The van der Waals surface area contributed by atoms with Crippen molar-refractivity contribution in [3.8, 4) is 5.75 Å². The smallest absolute Gasteiger partial charge is 0.274 e. The number of pyridine rings is 1. The van der Waals surface area contributed by atoms with Gasteiger partial charge in [-0.05, 0) is 25.5 Å². The second-order valence-corrected chi connectivity index (χ2v) is 3.99. The number of amides is 1. The van der Waals surface area contributed by atoms with Gasteiger partial charge in [0, 0.05) is 6.20 Å². The summed E-state index contributed by atoms with van der Waals surface area (Å²) in [4.78, 5) is 19.9. The third-order valence-corrected chi connectivity index (χ3v) is 2.56. The summed E-state index contributed by atoms with van der Waals surface area (Å²) in [5.41, 5.74) is -0.0304. The molecule has 2 rings (SSSR count). The van der Waals surface area contributed by atoms with E-state index in [1.54, 1.807) is 13.0 Å². The van der Waals surface area contributed by atoms with Crippen molar-refractivity contribution < 1.29 is 14.4 Å². The van der Waals surface area contributed by atoms with Crippen molar-refractivity contribution in [2.75, 3.05) is 0 Å². The fourth-order valence-electron chi connectivity index (χ4n) is 1.59. The van der Waals surface area contributed by atoms with Crippen LogP contribution in [0.3, 0.4) is 0 Å². The SMILES string of the molecule is CC[C@H](NC(=O)c1ncccc1O)c1nc(C)no1. The molecule has 0 spiro atoms. The number of aryl methyl sites for hydroxylation is 1. The molecule has 0 aliphatic carbocycles. The van der Waals surface area contributed by atoms with Crippen LogP contribution in [0.5, 0.6) is 5.75 Å². The molecular weight excluding hydrogens is 248 g/mol. The molecule has 0 aliphatic rings. The van der Waals surface area contributed by atoms with Gasteiger partial charge in [0.1, 0.15) is 11.8 Å². The molecule has 100 valence electrons. The van der Waals surface area contributed by atoms with E-state index in [1.807, 2.05) is 6.92 Å². The Bertz CT molecular complexity index is 582. The molecule has 1 amide bonds. The minimum absolute atomic E-state index is 0.0304. The molecule has 19 heavy (non-hydrogen) atoms. The average Bonchev–Trinajstić information content (AvgIpc) is 2.82. The normalized spacial score (nSPS) is 12.1. The Morgan fingerprint density at radius 1 is 1.58 bits per heavy atom. The zero-order chi connectivity index (χ0) is 13.8. The van der Waals surface area contributed by atoms with Crippen molar-refractivity contribution in [3.63, 3.8) is 0 Å². The van der Waals surface area contributed by atoms with Gasteiger partial charge < -0.3 is 14.9 Å². The number of hydrogen-bond acceptors (Lipinski definition) is 6. The summed E-state index contributed by atoms with van der Waals surface area (Å²) < 4.78 is 5.03. The number of nitrogens with zero attached hydrogens (tertiary/aromatic N) is 3. The van der Waals surface area contributed by atoms with Crippen LogP contribution in [0.25, 0.3) is 0 Å².